The van der Waals surface area contributed by atoms with E-state index in [0.717, 1.165) is 23.8 Å². The van der Waals surface area contributed by atoms with E-state index in [2.05, 4.69) is 46.9 Å². The highest BCUT2D eigenvalue weighted by Crippen LogP contribution is 2.61. The van der Waals surface area contributed by atoms with E-state index in [1.54, 1.807) is 0 Å². The molecule has 0 aromatic heterocycles. The van der Waals surface area contributed by atoms with Gasteiger partial charge in [-0.05, 0) is 56.8 Å². The number of fused-ring (bicyclic) bond motifs is 2. The third kappa shape index (κ3) is 1.84. The van der Waals surface area contributed by atoms with Crippen LogP contribution in [0.25, 0.3) is 0 Å². The normalized spacial score (nSPS) is 43.6. The summed E-state index contributed by atoms with van der Waals surface area (Å²) in [7, 11) is 0. The molecule has 0 aromatic rings. The fraction of sp³-hybridized carbons (Fsp3) is 1.00. The van der Waals surface area contributed by atoms with Gasteiger partial charge < -0.3 is 5.32 Å². The maximum Gasteiger partial charge on any atom is 0.0103 e. The van der Waals surface area contributed by atoms with Crippen LogP contribution in [0.5, 0.6) is 0 Å². The lowest BCUT2D eigenvalue weighted by molar-refractivity contribution is -0.118. The molecule has 15 heavy (non-hydrogen) atoms. The lowest BCUT2D eigenvalue weighted by atomic mass is 9.44. The predicted octanol–water partition coefficient (Wildman–Crippen LogP) is 3.45. The van der Waals surface area contributed by atoms with Gasteiger partial charge in [0, 0.05) is 11.6 Å². The van der Waals surface area contributed by atoms with Crippen molar-refractivity contribution in [1.29, 1.82) is 0 Å². The first-order chi connectivity index (χ1) is 6.72. The molecule has 0 heterocycles. The van der Waals surface area contributed by atoms with Crippen molar-refractivity contribution < 1.29 is 0 Å². The van der Waals surface area contributed by atoms with Crippen LogP contribution >= 0.6 is 0 Å². The van der Waals surface area contributed by atoms with E-state index >= 15 is 0 Å². The SMILES string of the molecule is C[C@H]1[C@H]2C[C@@H](C[C@H]1NC(C)(C)C)C2(C)C. The summed E-state index contributed by atoms with van der Waals surface area (Å²) in [6, 6.07) is 0.752. The van der Waals surface area contributed by atoms with Gasteiger partial charge in [0.15, 0.2) is 0 Å². The number of nitrogens with one attached hydrogen (secondary N) is 1. The molecule has 0 amide bonds. The van der Waals surface area contributed by atoms with Crippen LogP contribution in [-0.2, 0) is 0 Å². The minimum atomic E-state index is 0.271. The van der Waals surface area contributed by atoms with Crippen LogP contribution in [0.1, 0.15) is 54.4 Å². The van der Waals surface area contributed by atoms with E-state index in [1.807, 2.05) is 0 Å². The van der Waals surface area contributed by atoms with Gasteiger partial charge in [-0.3, -0.25) is 0 Å². The molecule has 88 valence electrons. The van der Waals surface area contributed by atoms with E-state index < -0.39 is 0 Å². The molecule has 3 saturated carbocycles. The van der Waals surface area contributed by atoms with E-state index in [4.69, 9.17) is 0 Å². The Morgan fingerprint density at radius 1 is 1.13 bits per heavy atom. The van der Waals surface area contributed by atoms with Crippen molar-refractivity contribution >= 4 is 0 Å². The Kier molecular flexibility index (Phi) is 2.46. The molecular formula is C14H27N. The fourth-order valence-electron chi connectivity index (χ4n) is 3.90. The van der Waals surface area contributed by atoms with Crippen LogP contribution in [0.15, 0.2) is 0 Å². The highest BCUT2D eigenvalue weighted by atomic mass is 15.0. The molecule has 0 radical (unpaired) electrons. The van der Waals surface area contributed by atoms with Gasteiger partial charge in [-0.25, -0.2) is 0 Å². The van der Waals surface area contributed by atoms with Crippen molar-refractivity contribution in [2.45, 2.75) is 66.0 Å². The first kappa shape index (κ1) is 11.4. The Hall–Kier alpha value is -0.0400. The molecule has 3 rings (SSSR count). The van der Waals surface area contributed by atoms with Crippen molar-refractivity contribution in [2.75, 3.05) is 0 Å². The molecule has 1 nitrogen and oxygen atoms in total. The lowest BCUT2D eigenvalue weighted by Gasteiger charge is -2.62. The third-order valence-electron chi connectivity index (χ3n) is 4.97. The van der Waals surface area contributed by atoms with Crippen LogP contribution in [0.4, 0.5) is 0 Å². The van der Waals surface area contributed by atoms with Crippen LogP contribution < -0.4 is 5.32 Å². The van der Waals surface area contributed by atoms with Gasteiger partial charge in [0.05, 0.1) is 0 Å². The van der Waals surface area contributed by atoms with Crippen molar-refractivity contribution in [2.24, 2.45) is 23.2 Å². The zero-order valence-electron chi connectivity index (χ0n) is 11.2. The molecule has 1 N–H and O–H groups in total. The van der Waals surface area contributed by atoms with E-state index in [-0.39, 0.29) is 5.54 Å². The molecule has 0 aromatic carbocycles. The van der Waals surface area contributed by atoms with Crippen LogP contribution in [0.2, 0.25) is 0 Å². The fourth-order valence-corrected chi connectivity index (χ4v) is 3.90. The Labute approximate surface area is 95.0 Å². The highest BCUT2D eigenvalue weighted by molar-refractivity contribution is 5.07. The predicted molar refractivity (Wildman–Crippen MR) is 65.8 cm³/mol. The second-order valence-corrected chi connectivity index (χ2v) is 7.46. The Morgan fingerprint density at radius 3 is 2.13 bits per heavy atom. The summed E-state index contributed by atoms with van der Waals surface area (Å²) in [5.41, 5.74) is 0.891. The van der Waals surface area contributed by atoms with Crippen molar-refractivity contribution in [3.63, 3.8) is 0 Å². The molecule has 3 fully saturated rings. The molecule has 4 atom stereocenters. The van der Waals surface area contributed by atoms with Crippen LogP contribution in [0.3, 0.4) is 0 Å². The Morgan fingerprint density at radius 2 is 1.73 bits per heavy atom. The molecule has 1 heteroatoms. The standard InChI is InChI=1S/C14H27N/c1-9-11-7-10(14(11,5)6)8-12(9)15-13(2,3)4/h9-12,15H,7-8H2,1-6H3/t9-,10-,11+,12+/m0/s1. The first-order valence-corrected chi connectivity index (χ1v) is 6.49. The quantitative estimate of drug-likeness (QED) is 0.697. The molecule has 0 saturated heterocycles. The molecule has 0 spiro atoms. The average Bonchev–Trinajstić information content (AvgIpc) is 2.05. The monoisotopic (exact) mass is 209 g/mol. The summed E-state index contributed by atoms with van der Waals surface area (Å²) in [5.74, 6) is 2.78. The molecule has 2 bridgehead atoms. The zero-order chi connectivity index (χ0) is 11.4. The summed E-state index contributed by atoms with van der Waals surface area (Å²) in [5, 5.41) is 3.81. The second kappa shape index (κ2) is 3.23. The summed E-state index contributed by atoms with van der Waals surface area (Å²) in [6.07, 6.45) is 2.87. The Bertz CT molecular complexity index is 249. The topological polar surface area (TPSA) is 12.0 Å². The number of rotatable bonds is 1. The van der Waals surface area contributed by atoms with Gasteiger partial charge in [-0.2, -0.15) is 0 Å². The molecule has 0 unspecified atom stereocenters. The van der Waals surface area contributed by atoms with Gasteiger partial charge in [-0.15, -0.1) is 0 Å². The average molecular weight is 209 g/mol. The largest absolute Gasteiger partial charge is 0.309 e. The number of hydrogen-bond acceptors (Lipinski definition) is 1. The minimum absolute atomic E-state index is 0.271. The lowest BCUT2D eigenvalue weighted by Crippen LogP contribution is -2.62. The minimum Gasteiger partial charge on any atom is -0.309 e. The summed E-state index contributed by atoms with van der Waals surface area (Å²) < 4.78 is 0. The van der Waals surface area contributed by atoms with Crippen LogP contribution in [-0.4, -0.2) is 11.6 Å². The summed E-state index contributed by atoms with van der Waals surface area (Å²) in [4.78, 5) is 0. The molecule has 3 aliphatic carbocycles. The summed E-state index contributed by atoms with van der Waals surface area (Å²) in [6.45, 7) is 14.2. The molecule has 3 aliphatic rings. The smallest absolute Gasteiger partial charge is 0.0103 e. The van der Waals surface area contributed by atoms with E-state index in [9.17, 15) is 0 Å². The van der Waals surface area contributed by atoms with Gasteiger partial charge in [0.2, 0.25) is 0 Å². The van der Waals surface area contributed by atoms with Crippen molar-refractivity contribution in [3.8, 4) is 0 Å². The van der Waals surface area contributed by atoms with Gasteiger partial charge >= 0.3 is 0 Å². The highest BCUT2D eigenvalue weighted by Gasteiger charge is 2.56. The first-order valence-electron chi connectivity index (χ1n) is 6.49. The second-order valence-electron chi connectivity index (χ2n) is 7.46. The maximum atomic E-state index is 3.81. The zero-order valence-corrected chi connectivity index (χ0v) is 11.2. The third-order valence-corrected chi connectivity index (χ3v) is 4.97. The maximum absolute atomic E-state index is 3.81. The molecule has 0 aliphatic heterocycles. The van der Waals surface area contributed by atoms with Crippen LogP contribution in [0, 0.1) is 23.2 Å². The van der Waals surface area contributed by atoms with E-state index in [1.165, 1.54) is 12.8 Å². The van der Waals surface area contributed by atoms with Gasteiger partial charge in [0.25, 0.3) is 0 Å². The van der Waals surface area contributed by atoms with Crippen molar-refractivity contribution in [1.82, 2.24) is 5.32 Å². The van der Waals surface area contributed by atoms with Gasteiger partial charge in [-0.1, -0.05) is 20.8 Å². The van der Waals surface area contributed by atoms with Crippen molar-refractivity contribution in [3.05, 3.63) is 0 Å². The molecular weight excluding hydrogens is 182 g/mol. The van der Waals surface area contributed by atoms with E-state index in [0.29, 0.717) is 5.41 Å². The number of hydrogen-bond donors (Lipinski definition) is 1. The Balaban J connectivity index is 2.03. The summed E-state index contributed by atoms with van der Waals surface area (Å²) >= 11 is 0. The van der Waals surface area contributed by atoms with Gasteiger partial charge in [0.1, 0.15) is 0 Å².